The van der Waals surface area contributed by atoms with Crippen LogP contribution in [0.5, 0.6) is 0 Å². The van der Waals surface area contributed by atoms with Crippen LogP contribution in [-0.4, -0.2) is 82.5 Å². The number of aromatic amines is 1. The second-order valence-corrected chi connectivity index (χ2v) is 12.3. The van der Waals surface area contributed by atoms with Crippen molar-refractivity contribution >= 4 is 29.4 Å². The molecule has 3 heterocycles. The van der Waals surface area contributed by atoms with Gasteiger partial charge in [-0.25, -0.2) is 4.79 Å². The van der Waals surface area contributed by atoms with Crippen molar-refractivity contribution in [3.8, 4) is 0 Å². The number of likely N-dealkylation sites (tertiary alicyclic amines) is 1. The molecule has 44 heavy (non-hydrogen) atoms. The Kier molecular flexibility index (Phi) is 9.05. The van der Waals surface area contributed by atoms with Crippen LogP contribution in [0.25, 0.3) is 0 Å². The summed E-state index contributed by atoms with van der Waals surface area (Å²) in [5, 5.41) is 17.3. The number of piperidine rings is 1. The molecule has 2 atom stereocenters. The molecule has 0 radical (unpaired) electrons. The zero-order chi connectivity index (χ0) is 31.4. The molecular weight excluding hydrogens is 556 g/mol. The Morgan fingerprint density at radius 1 is 1.14 bits per heavy atom. The highest BCUT2D eigenvalue weighted by Gasteiger charge is 2.44. The number of urea groups is 1. The maximum absolute atomic E-state index is 13.7. The molecule has 1 fully saturated rings. The molecular formula is C33H42N8O3. The number of nitrogens with zero attached hydrogens (tertiary/aromatic N) is 4. The molecule has 232 valence electrons. The molecule has 11 heteroatoms. The Labute approximate surface area is 258 Å². The number of fused-ring (bicyclic) bond motifs is 1. The van der Waals surface area contributed by atoms with Gasteiger partial charge >= 0.3 is 6.03 Å². The monoisotopic (exact) mass is 598 g/mol. The van der Waals surface area contributed by atoms with Gasteiger partial charge in [-0.1, -0.05) is 36.9 Å². The number of H-pyrrole nitrogens is 1. The number of amides is 4. The highest BCUT2D eigenvalue weighted by molar-refractivity contribution is 5.99. The van der Waals surface area contributed by atoms with Gasteiger partial charge in [0.25, 0.3) is 5.91 Å². The third kappa shape index (κ3) is 6.62. The van der Waals surface area contributed by atoms with Crippen molar-refractivity contribution in [1.29, 1.82) is 0 Å². The third-order valence-electron chi connectivity index (χ3n) is 8.40. The Balaban J connectivity index is 1.24. The lowest BCUT2D eigenvalue weighted by Gasteiger charge is -2.34. The summed E-state index contributed by atoms with van der Waals surface area (Å²) in [5.41, 5.74) is 3.52. The molecule has 0 spiro atoms. The molecule has 3 aromatic rings. The molecule has 2 aromatic carbocycles. The molecule has 5 rings (SSSR count). The highest BCUT2D eigenvalue weighted by atomic mass is 16.2. The van der Waals surface area contributed by atoms with E-state index in [1.807, 2.05) is 68.1 Å². The molecule has 0 bridgehead atoms. The fraction of sp³-hybridized carbons (Fsp3) is 0.394. The molecule has 2 aliphatic heterocycles. The largest absolute Gasteiger partial charge is 0.364 e. The van der Waals surface area contributed by atoms with Gasteiger partial charge in [0.1, 0.15) is 0 Å². The Bertz CT molecular complexity index is 1500. The lowest BCUT2D eigenvalue weighted by Crippen LogP contribution is -2.48. The molecule has 2 aliphatic rings. The summed E-state index contributed by atoms with van der Waals surface area (Å²) in [6, 6.07) is 16.6. The van der Waals surface area contributed by atoms with Crippen LogP contribution in [0.3, 0.4) is 0 Å². The van der Waals surface area contributed by atoms with E-state index in [-0.39, 0.29) is 29.9 Å². The van der Waals surface area contributed by atoms with Gasteiger partial charge in [0.15, 0.2) is 5.82 Å². The van der Waals surface area contributed by atoms with E-state index < -0.39 is 5.54 Å². The zero-order valence-corrected chi connectivity index (χ0v) is 25.9. The van der Waals surface area contributed by atoms with Gasteiger partial charge in [0.2, 0.25) is 5.91 Å². The smallest absolute Gasteiger partial charge is 0.319 e. The number of hydrogen-bond acceptors (Lipinski definition) is 6. The van der Waals surface area contributed by atoms with Crippen LogP contribution < -0.4 is 16.0 Å². The summed E-state index contributed by atoms with van der Waals surface area (Å²) >= 11 is 0. The van der Waals surface area contributed by atoms with Crippen LogP contribution in [0.15, 0.2) is 67.3 Å². The summed E-state index contributed by atoms with van der Waals surface area (Å²) in [6.07, 6.45) is 2.96. The maximum atomic E-state index is 13.7. The fourth-order valence-electron chi connectivity index (χ4n) is 6.02. The molecule has 4 N–H and O–H groups in total. The van der Waals surface area contributed by atoms with Crippen LogP contribution in [-0.2, 0) is 16.9 Å². The number of rotatable bonds is 9. The SMILES string of the molecule is C=CC(=O)Nc1ccc(C(=O)N2CCCC(Nc3n[nH]c4c3CN(C(=O)NC(CN(C)C)c3ccccc3)C4(C)C)C2)cc1. The zero-order valence-electron chi connectivity index (χ0n) is 25.9. The maximum Gasteiger partial charge on any atom is 0.319 e. The number of aromatic nitrogens is 2. The Morgan fingerprint density at radius 2 is 1.86 bits per heavy atom. The number of carbonyl (C=O) groups excluding carboxylic acids is 3. The predicted molar refractivity (Wildman–Crippen MR) is 171 cm³/mol. The van der Waals surface area contributed by atoms with Gasteiger partial charge < -0.3 is 30.7 Å². The van der Waals surface area contributed by atoms with Gasteiger partial charge in [0.05, 0.1) is 23.8 Å². The summed E-state index contributed by atoms with van der Waals surface area (Å²) in [4.78, 5) is 44.3. The predicted octanol–water partition coefficient (Wildman–Crippen LogP) is 4.31. The van der Waals surface area contributed by atoms with Crippen LogP contribution >= 0.6 is 0 Å². The van der Waals surface area contributed by atoms with E-state index in [1.165, 1.54) is 6.08 Å². The first kappa shape index (κ1) is 30.8. The van der Waals surface area contributed by atoms with E-state index in [0.717, 1.165) is 35.5 Å². The van der Waals surface area contributed by atoms with Crippen molar-refractivity contribution < 1.29 is 14.4 Å². The Morgan fingerprint density at radius 3 is 2.55 bits per heavy atom. The first-order chi connectivity index (χ1) is 21.1. The topological polar surface area (TPSA) is 126 Å². The van der Waals surface area contributed by atoms with Gasteiger partial charge in [0, 0.05) is 42.5 Å². The van der Waals surface area contributed by atoms with Crippen LogP contribution in [0.4, 0.5) is 16.3 Å². The minimum absolute atomic E-state index is 0.0137. The van der Waals surface area contributed by atoms with Gasteiger partial charge in [-0.3, -0.25) is 14.7 Å². The molecule has 1 saturated heterocycles. The normalized spacial score (nSPS) is 18.0. The van der Waals surface area contributed by atoms with Crippen molar-refractivity contribution in [2.75, 3.05) is 44.4 Å². The van der Waals surface area contributed by atoms with Crippen LogP contribution in [0.1, 0.15) is 59.9 Å². The molecule has 2 unspecified atom stereocenters. The van der Waals surface area contributed by atoms with E-state index in [1.54, 1.807) is 24.3 Å². The quantitative estimate of drug-likeness (QED) is 0.272. The Hall–Kier alpha value is -4.64. The van der Waals surface area contributed by atoms with Crippen molar-refractivity contribution in [3.05, 3.63) is 89.6 Å². The van der Waals surface area contributed by atoms with Crippen molar-refractivity contribution in [2.45, 2.75) is 50.9 Å². The van der Waals surface area contributed by atoms with E-state index in [4.69, 9.17) is 0 Å². The first-order valence-corrected chi connectivity index (χ1v) is 15.0. The van der Waals surface area contributed by atoms with Crippen LogP contribution in [0, 0.1) is 0 Å². The number of carbonyl (C=O) groups is 3. The van der Waals surface area contributed by atoms with E-state index in [0.29, 0.717) is 37.4 Å². The van der Waals surface area contributed by atoms with E-state index in [2.05, 4.69) is 37.6 Å². The lowest BCUT2D eigenvalue weighted by atomic mass is 10.0. The standard InChI is InChI=1S/C33H42N8O3/c1-6-28(42)34-24-16-14-23(15-17-24)31(43)40-18-10-13-25(19-40)35-30-26-20-41(33(2,3)29(26)37-38-30)32(44)36-27(21-39(4)5)22-11-8-7-9-12-22/h6-9,11-12,14-17,25,27H,1,10,13,18-21H2,2-5H3,(H,34,42)(H,36,44)(H2,35,37,38). The first-order valence-electron chi connectivity index (χ1n) is 15.0. The second kappa shape index (κ2) is 12.9. The number of hydrogen-bond donors (Lipinski definition) is 4. The number of nitrogens with one attached hydrogen (secondary N) is 4. The molecule has 0 saturated carbocycles. The van der Waals surface area contributed by atoms with Crippen molar-refractivity contribution in [1.82, 2.24) is 30.2 Å². The number of benzene rings is 2. The summed E-state index contributed by atoms with van der Waals surface area (Å²) in [6.45, 7) is 9.81. The van der Waals surface area contributed by atoms with Gasteiger partial charge in [-0.05, 0) is 76.7 Å². The van der Waals surface area contributed by atoms with Crippen molar-refractivity contribution in [2.24, 2.45) is 0 Å². The molecule has 1 aromatic heterocycles. The van der Waals surface area contributed by atoms with Crippen LogP contribution in [0.2, 0.25) is 0 Å². The van der Waals surface area contributed by atoms with Gasteiger partial charge in [-0.2, -0.15) is 5.10 Å². The third-order valence-corrected chi connectivity index (χ3v) is 8.40. The summed E-state index contributed by atoms with van der Waals surface area (Å²) < 4.78 is 0. The minimum Gasteiger partial charge on any atom is -0.364 e. The van der Waals surface area contributed by atoms with E-state index >= 15 is 0 Å². The summed E-state index contributed by atoms with van der Waals surface area (Å²) in [7, 11) is 4.00. The minimum atomic E-state index is -0.586. The number of anilines is 2. The van der Waals surface area contributed by atoms with Crippen molar-refractivity contribution in [3.63, 3.8) is 0 Å². The average molecular weight is 599 g/mol. The fourth-order valence-corrected chi connectivity index (χ4v) is 6.02. The summed E-state index contributed by atoms with van der Waals surface area (Å²) in [5.74, 6) is 0.365. The van der Waals surface area contributed by atoms with E-state index in [9.17, 15) is 14.4 Å². The molecule has 0 aliphatic carbocycles. The molecule has 11 nitrogen and oxygen atoms in total. The average Bonchev–Trinajstić information content (AvgIpc) is 3.54. The second-order valence-electron chi connectivity index (χ2n) is 12.3. The van der Waals surface area contributed by atoms with Gasteiger partial charge in [-0.15, -0.1) is 0 Å². The number of likely N-dealkylation sites (N-methyl/N-ethyl adjacent to an activating group) is 1. The highest BCUT2D eigenvalue weighted by Crippen LogP contribution is 2.41. The molecule has 4 amide bonds. The lowest BCUT2D eigenvalue weighted by molar-refractivity contribution is -0.111.